The first-order valence-electron chi connectivity index (χ1n) is 11.9. The summed E-state index contributed by atoms with van der Waals surface area (Å²) in [4.78, 5) is 32.4. The van der Waals surface area contributed by atoms with E-state index in [-0.39, 0.29) is 18.4 Å². The van der Waals surface area contributed by atoms with E-state index in [1.165, 1.54) is 10.5 Å². The zero-order valence-corrected chi connectivity index (χ0v) is 22.0. The number of rotatable bonds is 8. The number of carbonyl (C=O) groups excluding carboxylic acids is 2. The van der Waals surface area contributed by atoms with Gasteiger partial charge in [-0.15, -0.1) is 0 Å². The first-order chi connectivity index (χ1) is 17.8. The molecular weight excluding hydrogens is 488 g/mol. The molecule has 7 nitrogen and oxygen atoms in total. The second kappa shape index (κ2) is 11.3. The van der Waals surface area contributed by atoms with E-state index >= 15 is 0 Å². The summed E-state index contributed by atoms with van der Waals surface area (Å²) in [5.74, 6) is 0.340. The number of methoxy groups -OCH3 is 1. The van der Waals surface area contributed by atoms with Crippen molar-refractivity contribution < 1.29 is 14.3 Å². The number of aromatic nitrogens is 2. The van der Waals surface area contributed by atoms with Gasteiger partial charge in [0, 0.05) is 34.6 Å². The number of anilines is 1. The molecule has 0 aliphatic rings. The number of nitrogens with one attached hydrogen (secondary N) is 1. The van der Waals surface area contributed by atoms with E-state index < -0.39 is 0 Å². The summed E-state index contributed by atoms with van der Waals surface area (Å²) in [7, 11) is 1.55. The number of imidazole rings is 1. The molecule has 0 spiro atoms. The van der Waals surface area contributed by atoms with Crippen LogP contribution in [0, 0.1) is 13.8 Å². The Hall–Kier alpha value is -4.10. The monoisotopic (exact) mass is 516 g/mol. The first kappa shape index (κ1) is 26.0. The fraction of sp³-hybridized carbons (Fsp3) is 0.207. The zero-order valence-electron chi connectivity index (χ0n) is 21.3. The van der Waals surface area contributed by atoms with Gasteiger partial charge in [-0.3, -0.25) is 19.5 Å². The predicted octanol–water partition coefficient (Wildman–Crippen LogP) is 5.92. The molecule has 0 saturated carbocycles. The third kappa shape index (κ3) is 6.01. The summed E-state index contributed by atoms with van der Waals surface area (Å²) in [5.41, 5.74) is 5.16. The van der Waals surface area contributed by atoms with Gasteiger partial charge in [0.2, 0.25) is 11.9 Å². The van der Waals surface area contributed by atoms with Crippen LogP contribution in [0.1, 0.15) is 28.4 Å². The summed E-state index contributed by atoms with van der Waals surface area (Å²) in [6.45, 7) is 6.17. The minimum atomic E-state index is -0.351. The number of likely N-dealkylation sites (N-methyl/N-ethyl adjacent to an activating group) is 1. The topological polar surface area (TPSA) is 76.5 Å². The Morgan fingerprint density at radius 1 is 1.03 bits per heavy atom. The second-order valence-corrected chi connectivity index (χ2v) is 9.13. The van der Waals surface area contributed by atoms with Crippen LogP contribution in [0.15, 0.2) is 72.9 Å². The number of hydrogen-bond donors (Lipinski definition) is 1. The molecular formula is C29H29ClN4O3. The minimum Gasteiger partial charge on any atom is -0.497 e. The quantitative estimate of drug-likeness (QED) is 0.315. The van der Waals surface area contributed by atoms with Crippen LogP contribution < -0.4 is 10.1 Å². The van der Waals surface area contributed by atoms with Crippen molar-refractivity contribution in [2.75, 3.05) is 25.5 Å². The highest BCUT2D eigenvalue weighted by molar-refractivity contribution is 6.30. The molecule has 2 amide bonds. The second-order valence-electron chi connectivity index (χ2n) is 8.69. The van der Waals surface area contributed by atoms with E-state index in [0.717, 1.165) is 16.8 Å². The normalized spacial score (nSPS) is 10.7. The Morgan fingerprint density at radius 2 is 1.78 bits per heavy atom. The molecule has 0 fully saturated rings. The number of benzene rings is 3. The summed E-state index contributed by atoms with van der Waals surface area (Å²) in [6, 6.07) is 20.3. The molecule has 0 unspecified atom stereocenters. The number of amides is 2. The lowest BCUT2D eigenvalue weighted by Gasteiger charge is -2.20. The molecule has 0 bridgehead atoms. The molecule has 0 atom stereocenters. The largest absolute Gasteiger partial charge is 0.497 e. The lowest BCUT2D eigenvalue weighted by Crippen LogP contribution is -2.38. The molecule has 1 aromatic heterocycles. The van der Waals surface area contributed by atoms with Crippen LogP contribution >= 0.6 is 11.6 Å². The molecule has 0 saturated heterocycles. The Morgan fingerprint density at radius 3 is 2.46 bits per heavy atom. The van der Waals surface area contributed by atoms with Crippen molar-refractivity contribution in [2.24, 2.45) is 0 Å². The molecule has 4 aromatic rings. The van der Waals surface area contributed by atoms with Crippen molar-refractivity contribution in [1.82, 2.24) is 14.5 Å². The molecule has 1 heterocycles. The van der Waals surface area contributed by atoms with Gasteiger partial charge in [-0.1, -0.05) is 35.9 Å². The van der Waals surface area contributed by atoms with E-state index in [1.54, 1.807) is 43.5 Å². The van der Waals surface area contributed by atoms with Gasteiger partial charge in [-0.25, -0.2) is 4.98 Å². The van der Waals surface area contributed by atoms with Crippen molar-refractivity contribution in [3.05, 3.63) is 94.6 Å². The van der Waals surface area contributed by atoms with Crippen molar-refractivity contribution in [3.8, 4) is 22.7 Å². The van der Waals surface area contributed by atoms with E-state index in [2.05, 4.69) is 5.32 Å². The number of nitrogens with zero attached hydrogens (tertiary/aromatic N) is 3. The van der Waals surface area contributed by atoms with Gasteiger partial charge < -0.3 is 9.64 Å². The SMILES string of the molecule is CCN(CC(=O)Nc1nc(-c2ccc(Cl)cc2)cn1-c1ccc(C)c(C)c1)C(=O)c1cccc(OC)c1. The van der Waals surface area contributed by atoms with Gasteiger partial charge in [0.05, 0.1) is 12.8 Å². The molecule has 190 valence electrons. The van der Waals surface area contributed by atoms with Crippen molar-refractivity contribution in [1.29, 1.82) is 0 Å². The number of ether oxygens (including phenoxy) is 1. The van der Waals surface area contributed by atoms with Gasteiger partial charge in [0.15, 0.2) is 0 Å². The lowest BCUT2D eigenvalue weighted by molar-refractivity contribution is -0.116. The number of hydrogen-bond acceptors (Lipinski definition) is 4. The molecule has 4 rings (SSSR count). The maximum Gasteiger partial charge on any atom is 0.254 e. The van der Waals surface area contributed by atoms with Crippen LogP contribution in [0.2, 0.25) is 5.02 Å². The first-order valence-corrected chi connectivity index (χ1v) is 12.3. The van der Waals surface area contributed by atoms with E-state index in [4.69, 9.17) is 21.3 Å². The minimum absolute atomic E-state index is 0.122. The third-order valence-electron chi connectivity index (χ3n) is 6.19. The van der Waals surface area contributed by atoms with Gasteiger partial charge in [0.25, 0.3) is 5.91 Å². The van der Waals surface area contributed by atoms with Crippen LogP contribution in [-0.2, 0) is 4.79 Å². The van der Waals surface area contributed by atoms with E-state index in [1.807, 2.05) is 61.9 Å². The Bertz CT molecular complexity index is 1430. The van der Waals surface area contributed by atoms with Crippen molar-refractivity contribution in [3.63, 3.8) is 0 Å². The smallest absolute Gasteiger partial charge is 0.254 e. The average molecular weight is 517 g/mol. The summed E-state index contributed by atoms with van der Waals surface area (Å²) in [6.07, 6.45) is 1.88. The Labute approximate surface area is 221 Å². The van der Waals surface area contributed by atoms with E-state index in [9.17, 15) is 9.59 Å². The highest BCUT2D eigenvalue weighted by Gasteiger charge is 2.20. The summed E-state index contributed by atoms with van der Waals surface area (Å²) < 4.78 is 7.07. The zero-order chi connectivity index (χ0) is 26.5. The molecule has 37 heavy (non-hydrogen) atoms. The number of aryl methyl sites for hydroxylation is 2. The lowest BCUT2D eigenvalue weighted by atomic mass is 10.1. The van der Waals surface area contributed by atoms with Gasteiger partial charge in [-0.05, 0) is 74.4 Å². The van der Waals surface area contributed by atoms with Gasteiger partial charge >= 0.3 is 0 Å². The fourth-order valence-corrected chi connectivity index (χ4v) is 4.03. The summed E-state index contributed by atoms with van der Waals surface area (Å²) in [5, 5.41) is 3.54. The fourth-order valence-electron chi connectivity index (χ4n) is 3.90. The van der Waals surface area contributed by atoms with Crippen LogP contribution in [0.3, 0.4) is 0 Å². The molecule has 0 aliphatic carbocycles. The predicted molar refractivity (Wildman–Crippen MR) is 147 cm³/mol. The van der Waals surface area contributed by atoms with Gasteiger partial charge in [-0.2, -0.15) is 0 Å². The van der Waals surface area contributed by atoms with Crippen molar-refractivity contribution in [2.45, 2.75) is 20.8 Å². The van der Waals surface area contributed by atoms with Crippen molar-refractivity contribution >= 4 is 29.4 Å². The standard InChI is InChI=1S/C29H29ClN4O3/c1-5-33(28(36)22-7-6-8-25(16-22)37-4)18-27(35)32-29-31-26(21-10-12-23(30)13-11-21)17-34(29)24-14-9-19(2)20(3)15-24/h6-17H,5,18H2,1-4H3,(H,31,32,35). The number of carbonyl (C=O) groups is 2. The highest BCUT2D eigenvalue weighted by atomic mass is 35.5. The Kier molecular flexibility index (Phi) is 7.94. The maximum atomic E-state index is 13.1. The molecule has 0 radical (unpaired) electrons. The molecule has 8 heteroatoms. The highest BCUT2D eigenvalue weighted by Crippen LogP contribution is 2.26. The van der Waals surface area contributed by atoms with Crippen LogP contribution in [0.25, 0.3) is 16.9 Å². The Balaban J connectivity index is 1.61. The average Bonchev–Trinajstić information content (AvgIpc) is 3.32. The summed E-state index contributed by atoms with van der Waals surface area (Å²) >= 11 is 6.06. The molecule has 1 N–H and O–H groups in total. The van der Waals surface area contributed by atoms with Gasteiger partial charge in [0.1, 0.15) is 12.3 Å². The van der Waals surface area contributed by atoms with E-state index in [0.29, 0.717) is 34.5 Å². The third-order valence-corrected chi connectivity index (χ3v) is 6.44. The molecule has 3 aromatic carbocycles. The number of halogens is 1. The van der Waals surface area contributed by atoms with Crippen LogP contribution in [0.4, 0.5) is 5.95 Å². The maximum absolute atomic E-state index is 13.1. The molecule has 0 aliphatic heterocycles. The van der Waals surface area contributed by atoms with Crippen LogP contribution in [0.5, 0.6) is 5.75 Å². The van der Waals surface area contributed by atoms with Crippen LogP contribution in [-0.4, -0.2) is 46.5 Å².